The maximum absolute atomic E-state index is 11.7. The third-order valence-corrected chi connectivity index (χ3v) is 3.53. The number of benzene rings is 1. The van der Waals surface area contributed by atoms with Crippen LogP contribution in [-0.2, 0) is 4.79 Å². The van der Waals surface area contributed by atoms with Crippen LogP contribution >= 0.6 is 11.8 Å². The molecular weight excluding hydrogens is 236 g/mol. The van der Waals surface area contributed by atoms with Gasteiger partial charge in [0.05, 0.1) is 19.1 Å². The second kappa shape index (κ2) is 6.67. The van der Waals surface area contributed by atoms with Gasteiger partial charge in [0.1, 0.15) is 5.75 Å². The van der Waals surface area contributed by atoms with E-state index in [-0.39, 0.29) is 5.12 Å². The van der Waals surface area contributed by atoms with E-state index in [0.29, 0.717) is 0 Å². The van der Waals surface area contributed by atoms with Crippen LogP contribution in [0.3, 0.4) is 0 Å². The molecule has 0 aliphatic carbocycles. The SMILES string of the molecule is CCSC(=O)[C@@H](C)[C@H](O)c1ccc(OC)cc1. The van der Waals surface area contributed by atoms with E-state index in [1.165, 1.54) is 11.8 Å². The standard InChI is InChI=1S/C13H18O3S/c1-4-17-13(15)9(2)12(14)10-5-7-11(16-3)8-6-10/h5-9,12,14H,4H2,1-3H3/t9-,12-/m0/s1. The molecule has 0 saturated carbocycles. The van der Waals surface area contributed by atoms with E-state index in [0.717, 1.165) is 17.1 Å². The molecule has 3 nitrogen and oxygen atoms in total. The number of aliphatic hydroxyl groups is 1. The van der Waals surface area contributed by atoms with Crippen LogP contribution in [0, 0.1) is 5.92 Å². The Hall–Kier alpha value is -1.00. The van der Waals surface area contributed by atoms with E-state index in [1.54, 1.807) is 38.3 Å². The number of thioether (sulfide) groups is 1. The van der Waals surface area contributed by atoms with Crippen molar-refractivity contribution in [1.29, 1.82) is 0 Å². The molecule has 0 bridgehead atoms. The summed E-state index contributed by atoms with van der Waals surface area (Å²) in [6, 6.07) is 7.12. The van der Waals surface area contributed by atoms with Crippen molar-refractivity contribution < 1.29 is 14.6 Å². The quantitative estimate of drug-likeness (QED) is 0.877. The molecule has 2 atom stereocenters. The van der Waals surface area contributed by atoms with Gasteiger partial charge in [-0.2, -0.15) is 0 Å². The van der Waals surface area contributed by atoms with E-state index in [4.69, 9.17) is 4.74 Å². The number of hydrogen-bond donors (Lipinski definition) is 1. The smallest absolute Gasteiger partial charge is 0.194 e. The minimum absolute atomic E-state index is 0.0239. The van der Waals surface area contributed by atoms with E-state index >= 15 is 0 Å². The maximum Gasteiger partial charge on any atom is 0.194 e. The largest absolute Gasteiger partial charge is 0.497 e. The molecule has 1 N–H and O–H groups in total. The molecule has 94 valence electrons. The summed E-state index contributed by atoms with van der Waals surface area (Å²) in [4.78, 5) is 11.7. The van der Waals surface area contributed by atoms with Gasteiger partial charge < -0.3 is 9.84 Å². The van der Waals surface area contributed by atoms with Crippen molar-refractivity contribution >= 4 is 16.9 Å². The molecule has 1 aromatic rings. The van der Waals surface area contributed by atoms with Crippen molar-refractivity contribution in [1.82, 2.24) is 0 Å². The maximum atomic E-state index is 11.7. The van der Waals surface area contributed by atoms with Crippen LogP contribution < -0.4 is 4.74 Å². The summed E-state index contributed by atoms with van der Waals surface area (Å²) in [5, 5.41) is 10.1. The van der Waals surface area contributed by atoms with E-state index in [1.807, 2.05) is 6.92 Å². The fourth-order valence-electron chi connectivity index (χ4n) is 1.49. The summed E-state index contributed by atoms with van der Waals surface area (Å²) in [5.74, 6) is 1.08. The normalized spacial score (nSPS) is 14.1. The van der Waals surface area contributed by atoms with Gasteiger partial charge in [-0.3, -0.25) is 4.79 Å². The number of methoxy groups -OCH3 is 1. The van der Waals surface area contributed by atoms with Crippen LogP contribution in [0.1, 0.15) is 25.5 Å². The molecule has 0 heterocycles. The number of carbonyl (C=O) groups is 1. The molecular formula is C13H18O3S. The Morgan fingerprint density at radius 3 is 2.47 bits per heavy atom. The van der Waals surface area contributed by atoms with Crippen LogP contribution in [0.2, 0.25) is 0 Å². The Bertz CT molecular complexity index is 361. The first kappa shape index (κ1) is 14.1. The van der Waals surface area contributed by atoms with Crippen molar-refractivity contribution in [3.05, 3.63) is 29.8 Å². The molecule has 17 heavy (non-hydrogen) atoms. The van der Waals surface area contributed by atoms with Crippen molar-refractivity contribution in [2.75, 3.05) is 12.9 Å². The van der Waals surface area contributed by atoms with Crippen LogP contribution in [-0.4, -0.2) is 23.1 Å². The number of rotatable bonds is 5. The number of hydrogen-bond acceptors (Lipinski definition) is 4. The predicted octanol–water partition coefficient (Wildman–Crippen LogP) is 2.64. The highest BCUT2D eigenvalue weighted by Crippen LogP contribution is 2.27. The van der Waals surface area contributed by atoms with Gasteiger partial charge in [0.15, 0.2) is 5.12 Å². The molecule has 0 fully saturated rings. The number of aliphatic hydroxyl groups excluding tert-OH is 1. The Labute approximate surface area is 106 Å². The van der Waals surface area contributed by atoms with Gasteiger partial charge in [-0.25, -0.2) is 0 Å². The Balaban J connectivity index is 2.73. The first-order valence-corrected chi connectivity index (χ1v) is 6.57. The van der Waals surface area contributed by atoms with Crippen LogP contribution in [0.15, 0.2) is 24.3 Å². The minimum Gasteiger partial charge on any atom is -0.497 e. The molecule has 1 aromatic carbocycles. The van der Waals surface area contributed by atoms with E-state index in [2.05, 4.69) is 0 Å². The van der Waals surface area contributed by atoms with Gasteiger partial charge in [-0.15, -0.1) is 0 Å². The summed E-state index contributed by atoms with van der Waals surface area (Å²) in [6.45, 7) is 3.68. The Kier molecular flexibility index (Phi) is 5.51. The van der Waals surface area contributed by atoms with Gasteiger partial charge >= 0.3 is 0 Å². The van der Waals surface area contributed by atoms with Crippen LogP contribution in [0.5, 0.6) is 5.75 Å². The topological polar surface area (TPSA) is 46.5 Å². The van der Waals surface area contributed by atoms with E-state index < -0.39 is 12.0 Å². The first-order chi connectivity index (χ1) is 8.10. The lowest BCUT2D eigenvalue weighted by atomic mass is 9.98. The van der Waals surface area contributed by atoms with Gasteiger partial charge in [0.25, 0.3) is 0 Å². The highest BCUT2D eigenvalue weighted by molar-refractivity contribution is 8.13. The average Bonchev–Trinajstić information content (AvgIpc) is 2.37. The second-order valence-electron chi connectivity index (χ2n) is 3.76. The van der Waals surface area contributed by atoms with Gasteiger partial charge in [0, 0.05) is 0 Å². The van der Waals surface area contributed by atoms with Crippen LogP contribution in [0.4, 0.5) is 0 Å². The summed E-state index contributed by atoms with van der Waals surface area (Å²) in [7, 11) is 1.59. The molecule has 0 saturated heterocycles. The molecule has 1 rings (SSSR count). The lowest BCUT2D eigenvalue weighted by Crippen LogP contribution is -2.17. The summed E-state index contributed by atoms with van der Waals surface area (Å²) < 4.78 is 5.04. The summed E-state index contributed by atoms with van der Waals surface area (Å²) in [5.41, 5.74) is 0.739. The molecule has 0 spiro atoms. The Morgan fingerprint density at radius 2 is 2.00 bits per heavy atom. The number of ether oxygens (including phenoxy) is 1. The zero-order valence-corrected chi connectivity index (χ0v) is 11.2. The molecule has 0 aromatic heterocycles. The highest BCUT2D eigenvalue weighted by Gasteiger charge is 2.23. The van der Waals surface area contributed by atoms with Gasteiger partial charge in [-0.1, -0.05) is 37.7 Å². The average molecular weight is 254 g/mol. The fraction of sp³-hybridized carbons (Fsp3) is 0.462. The second-order valence-corrected chi connectivity index (χ2v) is 5.03. The van der Waals surface area contributed by atoms with Gasteiger partial charge in [-0.05, 0) is 23.4 Å². The molecule has 0 amide bonds. The van der Waals surface area contributed by atoms with Crippen molar-refractivity contribution in [2.24, 2.45) is 5.92 Å². The zero-order chi connectivity index (χ0) is 12.8. The molecule has 0 radical (unpaired) electrons. The van der Waals surface area contributed by atoms with Crippen LogP contribution in [0.25, 0.3) is 0 Å². The van der Waals surface area contributed by atoms with Crippen molar-refractivity contribution in [3.8, 4) is 5.75 Å². The highest BCUT2D eigenvalue weighted by atomic mass is 32.2. The number of carbonyl (C=O) groups excluding carboxylic acids is 1. The molecule has 4 heteroatoms. The van der Waals surface area contributed by atoms with Gasteiger partial charge in [0.2, 0.25) is 0 Å². The molecule has 0 unspecified atom stereocenters. The zero-order valence-electron chi connectivity index (χ0n) is 10.3. The minimum atomic E-state index is -0.757. The lowest BCUT2D eigenvalue weighted by molar-refractivity contribution is -0.117. The lowest BCUT2D eigenvalue weighted by Gasteiger charge is -2.17. The van der Waals surface area contributed by atoms with Crippen molar-refractivity contribution in [3.63, 3.8) is 0 Å². The predicted molar refractivity (Wildman–Crippen MR) is 70.3 cm³/mol. The van der Waals surface area contributed by atoms with E-state index in [9.17, 15) is 9.90 Å². The third-order valence-electron chi connectivity index (χ3n) is 2.59. The first-order valence-electron chi connectivity index (χ1n) is 5.58. The monoisotopic (exact) mass is 254 g/mol. The third kappa shape index (κ3) is 3.75. The summed E-state index contributed by atoms with van der Waals surface area (Å²) >= 11 is 1.25. The molecule has 0 aliphatic rings. The Morgan fingerprint density at radius 1 is 1.41 bits per heavy atom. The fourth-order valence-corrected chi connectivity index (χ4v) is 2.17. The van der Waals surface area contributed by atoms with Crippen molar-refractivity contribution in [2.45, 2.75) is 20.0 Å². The molecule has 0 aliphatic heterocycles. The summed E-state index contributed by atoms with van der Waals surface area (Å²) in [6.07, 6.45) is -0.757.